The van der Waals surface area contributed by atoms with Gasteiger partial charge in [-0.1, -0.05) is 19.1 Å². The van der Waals surface area contributed by atoms with Crippen molar-refractivity contribution < 1.29 is 14.1 Å². The van der Waals surface area contributed by atoms with Gasteiger partial charge < -0.3 is 19.8 Å². The molecule has 2 heterocycles. The summed E-state index contributed by atoms with van der Waals surface area (Å²) in [4.78, 5) is 22.5. The summed E-state index contributed by atoms with van der Waals surface area (Å²) in [6, 6.07) is 10.8. The molecular formula is C17H15BrN4O4. The molecule has 1 aromatic carbocycles. The van der Waals surface area contributed by atoms with Gasteiger partial charge in [-0.15, -0.1) is 0 Å². The molecule has 0 bridgehead atoms. The number of rotatable bonds is 6. The van der Waals surface area contributed by atoms with Crippen molar-refractivity contribution in [1.82, 2.24) is 9.78 Å². The Bertz CT molecular complexity index is 946. The number of hydrogen-bond acceptors (Lipinski definition) is 5. The maximum absolute atomic E-state index is 12.3. The molecule has 3 rings (SSSR count). The predicted octanol–water partition coefficient (Wildman–Crippen LogP) is 4.01. The number of carbonyl (C=O) groups is 1. The van der Waals surface area contributed by atoms with E-state index in [1.165, 1.54) is 16.4 Å². The lowest BCUT2D eigenvalue weighted by atomic mass is 10.1. The minimum Gasteiger partial charge on any atom is -0.454 e. The number of anilines is 1. The molecule has 2 aromatic heterocycles. The van der Waals surface area contributed by atoms with Gasteiger partial charge >= 0.3 is 5.82 Å². The first kappa shape index (κ1) is 17.9. The van der Waals surface area contributed by atoms with Gasteiger partial charge in [-0.3, -0.25) is 4.79 Å². The zero-order valence-electron chi connectivity index (χ0n) is 13.8. The highest BCUT2D eigenvalue weighted by atomic mass is 79.9. The van der Waals surface area contributed by atoms with Crippen LogP contribution in [0, 0.1) is 10.1 Å². The van der Waals surface area contributed by atoms with Gasteiger partial charge in [-0.25, -0.2) is 0 Å². The molecule has 0 aliphatic heterocycles. The lowest BCUT2D eigenvalue weighted by molar-refractivity contribution is -0.390. The molecule has 9 heteroatoms. The SMILES string of the molecule is CCc1ccc(NC(=O)c2ccc(Cn3cc(Br)c([N+](=O)[O-])n3)o2)cc1. The van der Waals surface area contributed by atoms with Crippen molar-refractivity contribution in [2.45, 2.75) is 19.9 Å². The highest BCUT2D eigenvalue weighted by molar-refractivity contribution is 9.10. The quantitative estimate of drug-likeness (QED) is 0.480. The van der Waals surface area contributed by atoms with E-state index in [9.17, 15) is 14.9 Å². The number of halogens is 1. The average Bonchev–Trinajstić information content (AvgIpc) is 3.22. The van der Waals surface area contributed by atoms with Crippen molar-refractivity contribution in [2.24, 2.45) is 0 Å². The molecule has 0 saturated carbocycles. The normalized spacial score (nSPS) is 10.7. The maximum Gasteiger partial charge on any atom is 0.404 e. The Hall–Kier alpha value is -2.94. The molecule has 134 valence electrons. The zero-order valence-corrected chi connectivity index (χ0v) is 15.4. The van der Waals surface area contributed by atoms with Crippen molar-refractivity contribution in [1.29, 1.82) is 0 Å². The van der Waals surface area contributed by atoms with Crippen molar-refractivity contribution in [2.75, 3.05) is 5.32 Å². The fourth-order valence-electron chi connectivity index (χ4n) is 2.35. The summed E-state index contributed by atoms with van der Waals surface area (Å²) < 4.78 is 7.17. The number of nitrogens with one attached hydrogen (secondary N) is 1. The summed E-state index contributed by atoms with van der Waals surface area (Å²) in [5.74, 6) is -0.0279. The Labute approximate surface area is 157 Å². The van der Waals surface area contributed by atoms with Gasteiger partial charge in [0.25, 0.3) is 5.91 Å². The molecule has 8 nitrogen and oxygen atoms in total. The molecule has 26 heavy (non-hydrogen) atoms. The molecule has 0 saturated heterocycles. The summed E-state index contributed by atoms with van der Waals surface area (Å²) in [5, 5.41) is 17.4. The van der Waals surface area contributed by atoms with Gasteiger partial charge in [0.1, 0.15) is 16.8 Å². The van der Waals surface area contributed by atoms with Gasteiger partial charge in [-0.2, -0.15) is 4.68 Å². The van der Waals surface area contributed by atoms with Crippen LogP contribution in [0.15, 0.2) is 51.5 Å². The summed E-state index contributed by atoms with van der Waals surface area (Å²) in [5.41, 5.74) is 1.86. The van der Waals surface area contributed by atoms with Crippen LogP contribution in [0.3, 0.4) is 0 Å². The summed E-state index contributed by atoms with van der Waals surface area (Å²) >= 11 is 3.09. The Morgan fingerprint density at radius 3 is 2.65 bits per heavy atom. The number of benzene rings is 1. The van der Waals surface area contributed by atoms with Crippen LogP contribution >= 0.6 is 15.9 Å². The second-order valence-corrected chi connectivity index (χ2v) is 6.38. The van der Waals surface area contributed by atoms with Crippen LogP contribution in [0.1, 0.15) is 28.8 Å². The minimum absolute atomic E-state index is 0.153. The van der Waals surface area contributed by atoms with Gasteiger partial charge in [0, 0.05) is 5.69 Å². The largest absolute Gasteiger partial charge is 0.454 e. The van der Waals surface area contributed by atoms with Crippen molar-refractivity contribution in [3.05, 3.63) is 74.3 Å². The summed E-state index contributed by atoms with van der Waals surface area (Å²) in [7, 11) is 0. The highest BCUT2D eigenvalue weighted by Gasteiger charge is 2.20. The molecule has 3 aromatic rings. The Morgan fingerprint density at radius 2 is 2.04 bits per heavy atom. The molecule has 0 radical (unpaired) electrons. The number of aryl methyl sites for hydroxylation is 1. The summed E-state index contributed by atoms with van der Waals surface area (Å²) in [6.45, 7) is 2.23. The Kier molecular flexibility index (Phi) is 5.17. The minimum atomic E-state index is -0.578. The molecule has 0 atom stereocenters. The molecule has 0 spiro atoms. The zero-order chi connectivity index (χ0) is 18.7. The van der Waals surface area contributed by atoms with Crippen molar-refractivity contribution in [3.8, 4) is 0 Å². The van der Waals surface area contributed by atoms with Gasteiger partial charge in [0.2, 0.25) is 0 Å². The Morgan fingerprint density at radius 1 is 1.31 bits per heavy atom. The first-order valence-electron chi connectivity index (χ1n) is 7.82. The summed E-state index contributed by atoms with van der Waals surface area (Å²) in [6.07, 6.45) is 2.41. The second-order valence-electron chi connectivity index (χ2n) is 5.53. The van der Waals surface area contributed by atoms with Gasteiger partial charge in [-0.05, 0) is 57.1 Å². The third kappa shape index (κ3) is 3.99. The van der Waals surface area contributed by atoms with Crippen molar-refractivity contribution >= 4 is 33.3 Å². The van der Waals surface area contributed by atoms with E-state index in [0.29, 0.717) is 11.4 Å². The third-order valence-corrected chi connectivity index (χ3v) is 4.25. The monoisotopic (exact) mass is 418 g/mol. The van der Waals surface area contributed by atoms with E-state index in [0.717, 1.165) is 6.42 Å². The Balaban J connectivity index is 1.67. The van der Waals surface area contributed by atoms with Crippen LogP contribution in [-0.4, -0.2) is 20.6 Å². The van der Waals surface area contributed by atoms with Crippen LogP contribution in [0.4, 0.5) is 11.5 Å². The van der Waals surface area contributed by atoms with Gasteiger partial charge in [0.15, 0.2) is 5.76 Å². The smallest absolute Gasteiger partial charge is 0.404 e. The number of furan rings is 1. The topological polar surface area (TPSA) is 103 Å². The molecule has 0 aliphatic carbocycles. The van der Waals surface area contributed by atoms with E-state index in [2.05, 4.69) is 33.3 Å². The molecule has 1 amide bonds. The van der Waals surface area contributed by atoms with E-state index in [1.54, 1.807) is 12.1 Å². The van der Waals surface area contributed by atoms with E-state index >= 15 is 0 Å². The molecule has 1 N–H and O–H groups in total. The number of nitrogens with zero attached hydrogens (tertiary/aromatic N) is 3. The number of aromatic nitrogens is 2. The van der Waals surface area contributed by atoms with E-state index < -0.39 is 4.92 Å². The number of hydrogen-bond donors (Lipinski definition) is 1. The fraction of sp³-hybridized carbons (Fsp3) is 0.176. The van der Waals surface area contributed by atoms with Crippen LogP contribution < -0.4 is 5.32 Å². The van der Waals surface area contributed by atoms with Crippen molar-refractivity contribution in [3.63, 3.8) is 0 Å². The van der Waals surface area contributed by atoms with E-state index in [-0.39, 0.29) is 28.5 Å². The first-order chi connectivity index (χ1) is 12.5. The lowest BCUT2D eigenvalue weighted by Gasteiger charge is -2.04. The molecular weight excluding hydrogens is 404 g/mol. The van der Waals surface area contributed by atoms with Crippen LogP contribution in [0.2, 0.25) is 0 Å². The fourth-order valence-corrected chi connectivity index (χ4v) is 2.81. The second kappa shape index (κ2) is 7.52. The molecule has 0 fully saturated rings. The number of nitro groups is 1. The van der Waals surface area contributed by atoms with E-state index in [4.69, 9.17) is 4.42 Å². The van der Waals surface area contributed by atoms with Gasteiger partial charge in [0.05, 0.1) is 11.3 Å². The third-order valence-electron chi connectivity index (χ3n) is 3.70. The highest BCUT2D eigenvalue weighted by Crippen LogP contribution is 2.23. The predicted molar refractivity (Wildman–Crippen MR) is 98.2 cm³/mol. The van der Waals surface area contributed by atoms with E-state index in [1.807, 2.05) is 24.3 Å². The lowest BCUT2D eigenvalue weighted by Crippen LogP contribution is -2.10. The number of carbonyl (C=O) groups excluding carboxylic acids is 1. The average molecular weight is 419 g/mol. The first-order valence-corrected chi connectivity index (χ1v) is 8.62. The van der Waals surface area contributed by atoms with Crippen LogP contribution in [0.25, 0.3) is 0 Å². The van der Waals surface area contributed by atoms with Crippen LogP contribution in [-0.2, 0) is 13.0 Å². The maximum atomic E-state index is 12.3. The van der Waals surface area contributed by atoms with Crippen LogP contribution in [0.5, 0.6) is 0 Å². The number of amides is 1. The molecule has 0 unspecified atom stereocenters. The standard InChI is InChI=1S/C17H15BrN4O4/c1-2-11-3-5-12(6-4-11)19-17(23)15-8-7-13(26-15)9-21-10-14(18)16(20-21)22(24)25/h3-8,10H,2,9H2,1H3,(H,19,23). The molecule has 0 aliphatic rings.